The lowest BCUT2D eigenvalue weighted by Gasteiger charge is -2.26. The maximum Gasteiger partial charge on any atom is 0.0541 e. The molecule has 292 valence electrons. The lowest BCUT2D eigenvalue weighted by molar-refractivity contribution is 0.781. The van der Waals surface area contributed by atoms with E-state index in [-0.39, 0.29) is 0 Å². The third-order valence-electron chi connectivity index (χ3n) is 13.8. The molecule has 0 saturated heterocycles. The standard InChI is InChI=1S/C60H42N2/c1-2-14-39(15-3-1)45-16-4-5-17-46(45)40-26-30-43(31-27-40)61-57-24-12-10-22-52(57)55-36-41(28-34-59(55)61)42-29-35-60-56(37-42)53-23-11-13-25-58(53)62(60)44-32-33-51-49-20-7-6-18-47(49)48-19-8-9-21-50(48)54(51)38-44/h1-15,17-26,28-30,32-38,45H,16,27,31H2. The predicted molar refractivity (Wildman–Crippen MR) is 264 cm³/mol. The fourth-order valence-electron chi connectivity index (χ4n) is 10.9. The molecule has 0 amide bonds. The average Bonchev–Trinajstić information content (AvgIpc) is 3.86. The van der Waals surface area contributed by atoms with Crippen LogP contribution in [-0.4, -0.2) is 9.13 Å². The number of aromatic nitrogens is 2. The van der Waals surface area contributed by atoms with Crippen LogP contribution in [0.4, 0.5) is 0 Å². The maximum absolute atomic E-state index is 2.51. The lowest BCUT2D eigenvalue weighted by atomic mass is 9.79. The molecule has 13 rings (SSSR count). The van der Waals surface area contributed by atoms with Crippen LogP contribution in [0.15, 0.2) is 224 Å². The summed E-state index contributed by atoms with van der Waals surface area (Å²) < 4.78 is 4.97. The summed E-state index contributed by atoms with van der Waals surface area (Å²) in [5.74, 6) is 0.408. The molecule has 0 radical (unpaired) electrons. The topological polar surface area (TPSA) is 9.86 Å². The first-order chi connectivity index (χ1) is 30.8. The van der Waals surface area contributed by atoms with Crippen LogP contribution in [0.2, 0.25) is 0 Å². The van der Waals surface area contributed by atoms with E-state index < -0.39 is 0 Å². The van der Waals surface area contributed by atoms with Crippen LogP contribution in [0.5, 0.6) is 0 Å². The van der Waals surface area contributed by atoms with Gasteiger partial charge in [-0.2, -0.15) is 0 Å². The summed E-state index contributed by atoms with van der Waals surface area (Å²) in [5.41, 5.74) is 14.2. The first-order valence-electron chi connectivity index (χ1n) is 22.0. The molecule has 0 aliphatic heterocycles. The van der Waals surface area contributed by atoms with Crippen LogP contribution in [0, 0.1) is 0 Å². The van der Waals surface area contributed by atoms with Crippen molar-refractivity contribution in [3.8, 4) is 16.8 Å². The molecule has 0 N–H and O–H groups in total. The van der Waals surface area contributed by atoms with Crippen LogP contribution in [0.3, 0.4) is 0 Å². The molecule has 2 aliphatic rings. The van der Waals surface area contributed by atoms with Gasteiger partial charge in [0.1, 0.15) is 0 Å². The minimum absolute atomic E-state index is 0.408. The minimum Gasteiger partial charge on any atom is -0.313 e. The van der Waals surface area contributed by atoms with E-state index in [1.54, 1.807) is 0 Å². The van der Waals surface area contributed by atoms with Gasteiger partial charge in [0, 0.05) is 38.8 Å². The Morgan fingerprint density at radius 3 is 1.53 bits per heavy atom. The molecule has 2 aliphatic carbocycles. The summed E-state index contributed by atoms with van der Waals surface area (Å²) in [5, 5.41) is 12.8. The molecule has 2 nitrogen and oxygen atoms in total. The normalized spacial score (nSPS) is 15.6. The van der Waals surface area contributed by atoms with Gasteiger partial charge in [-0.1, -0.05) is 158 Å². The van der Waals surface area contributed by atoms with Gasteiger partial charge in [-0.05, 0) is 134 Å². The maximum atomic E-state index is 2.51. The largest absolute Gasteiger partial charge is 0.313 e. The van der Waals surface area contributed by atoms with Crippen LogP contribution in [0.25, 0.3) is 98.4 Å². The molecular weight excluding hydrogens is 749 g/mol. The molecule has 9 aromatic carbocycles. The molecule has 0 saturated carbocycles. The summed E-state index contributed by atoms with van der Waals surface area (Å²) in [6.07, 6.45) is 14.7. The highest BCUT2D eigenvalue weighted by Crippen LogP contribution is 2.43. The number of hydrogen-bond donors (Lipinski definition) is 0. The van der Waals surface area contributed by atoms with Crippen LogP contribution in [-0.2, 0) is 0 Å². The molecule has 62 heavy (non-hydrogen) atoms. The Kier molecular flexibility index (Phi) is 7.90. The van der Waals surface area contributed by atoms with E-state index in [2.05, 4.69) is 222 Å². The third kappa shape index (κ3) is 5.36. The summed E-state index contributed by atoms with van der Waals surface area (Å²) in [6, 6.07) is 67.6. The molecular formula is C60H42N2. The number of nitrogens with zero attached hydrogens (tertiary/aromatic N) is 2. The van der Waals surface area contributed by atoms with Gasteiger partial charge in [0.25, 0.3) is 0 Å². The van der Waals surface area contributed by atoms with Crippen molar-refractivity contribution in [1.82, 2.24) is 9.13 Å². The number of para-hydroxylation sites is 2. The van der Waals surface area contributed by atoms with Crippen molar-refractivity contribution in [3.63, 3.8) is 0 Å². The zero-order valence-corrected chi connectivity index (χ0v) is 34.3. The Hall–Kier alpha value is -7.68. The van der Waals surface area contributed by atoms with E-state index >= 15 is 0 Å². The highest BCUT2D eigenvalue weighted by atomic mass is 15.0. The summed E-state index contributed by atoms with van der Waals surface area (Å²) >= 11 is 0. The molecule has 1 unspecified atom stereocenters. The zero-order valence-electron chi connectivity index (χ0n) is 34.3. The quantitative estimate of drug-likeness (QED) is 0.154. The summed E-state index contributed by atoms with van der Waals surface area (Å²) in [6.45, 7) is 0. The van der Waals surface area contributed by atoms with Gasteiger partial charge in [-0.15, -0.1) is 0 Å². The first-order valence-corrected chi connectivity index (χ1v) is 22.0. The second-order valence-electron chi connectivity index (χ2n) is 17.1. The van der Waals surface area contributed by atoms with Crippen LogP contribution in [0.1, 0.15) is 30.7 Å². The molecule has 2 aromatic heterocycles. The Labute approximate surface area is 360 Å². The van der Waals surface area contributed by atoms with Gasteiger partial charge < -0.3 is 9.13 Å². The third-order valence-corrected chi connectivity index (χ3v) is 13.8. The van der Waals surface area contributed by atoms with E-state index in [4.69, 9.17) is 0 Å². The molecule has 11 aromatic rings. The van der Waals surface area contributed by atoms with Crippen molar-refractivity contribution in [2.45, 2.75) is 25.2 Å². The fraction of sp³-hybridized carbons (Fsp3) is 0.0667. The number of allylic oxidation sites excluding steroid dienone is 8. The molecule has 0 bridgehead atoms. The predicted octanol–water partition coefficient (Wildman–Crippen LogP) is 16.2. The smallest absolute Gasteiger partial charge is 0.0541 e. The van der Waals surface area contributed by atoms with E-state index in [1.165, 1.54) is 115 Å². The Bertz CT molecular complexity index is 3740. The Morgan fingerprint density at radius 1 is 0.371 bits per heavy atom. The zero-order chi connectivity index (χ0) is 40.7. The van der Waals surface area contributed by atoms with Crippen LogP contribution >= 0.6 is 0 Å². The molecule has 1 atom stereocenters. The van der Waals surface area contributed by atoms with Gasteiger partial charge >= 0.3 is 0 Å². The van der Waals surface area contributed by atoms with Gasteiger partial charge in [0.15, 0.2) is 0 Å². The monoisotopic (exact) mass is 790 g/mol. The summed E-state index contributed by atoms with van der Waals surface area (Å²) in [4.78, 5) is 0. The highest BCUT2D eigenvalue weighted by Gasteiger charge is 2.24. The Balaban J connectivity index is 0.915. The van der Waals surface area contributed by atoms with Crippen LogP contribution < -0.4 is 0 Å². The van der Waals surface area contributed by atoms with Crippen molar-refractivity contribution < 1.29 is 0 Å². The number of benzene rings is 9. The average molecular weight is 791 g/mol. The van der Waals surface area contributed by atoms with Crippen molar-refractivity contribution in [2.75, 3.05) is 0 Å². The van der Waals surface area contributed by atoms with Crippen molar-refractivity contribution in [1.29, 1.82) is 0 Å². The van der Waals surface area contributed by atoms with Crippen molar-refractivity contribution >= 4 is 81.6 Å². The summed E-state index contributed by atoms with van der Waals surface area (Å²) in [7, 11) is 0. The second kappa shape index (κ2) is 13.9. The van der Waals surface area contributed by atoms with E-state index in [1.807, 2.05) is 0 Å². The highest BCUT2D eigenvalue weighted by molar-refractivity contribution is 6.25. The SMILES string of the molecule is C1=CCC(c2ccccc2)C(C2=CC=C(n3c4ccccc4c4cc(-c5ccc6c(c5)c5ccccc5n6-c5ccc6c7ccccc7c7ccccc7c6c5)ccc43)CC2)=C1. The van der Waals surface area contributed by atoms with Crippen molar-refractivity contribution in [3.05, 3.63) is 229 Å². The lowest BCUT2D eigenvalue weighted by Crippen LogP contribution is -2.09. The molecule has 0 spiro atoms. The molecule has 0 fully saturated rings. The second-order valence-corrected chi connectivity index (χ2v) is 17.1. The van der Waals surface area contributed by atoms with Crippen molar-refractivity contribution in [2.24, 2.45) is 0 Å². The van der Waals surface area contributed by atoms with E-state index in [0.29, 0.717) is 5.92 Å². The van der Waals surface area contributed by atoms with E-state index in [9.17, 15) is 0 Å². The van der Waals surface area contributed by atoms with Gasteiger partial charge in [-0.25, -0.2) is 0 Å². The number of rotatable bonds is 5. The Morgan fingerprint density at radius 2 is 0.903 bits per heavy atom. The number of hydrogen-bond acceptors (Lipinski definition) is 0. The number of fused-ring (bicyclic) bond motifs is 12. The molecule has 2 heterocycles. The minimum atomic E-state index is 0.408. The van der Waals surface area contributed by atoms with Gasteiger partial charge in [0.2, 0.25) is 0 Å². The molecule has 2 heteroatoms. The van der Waals surface area contributed by atoms with E-state index in [0.717, 1.165) is 19.3 Å². The van der Waals surface area contributed by atoms with Gasteiger partial charge in [-0.3, -0.25) is 0 Å². The fourth-order valence-corrected chi connectivity index (χ4v) is 10.9. The first kappa shape index (κ1) is 35.1. The van der Waals surface area contributed by atoms with Gasteiger partial charge in [0.05, 0.1) is 22.1 Å².